The number of benzene rings is 2. The molecule has 2 aromatic carbocycles. The van der Waals surface area contributed by atoms with Crippen molar-refractivity contribution in [2.45, 2.75) is 19.8 Å². The van der Waals surface area contributed by atoms with Crippen molar-refractivity contribution >= 4 is 17.5 Å². The number of para-hydroxylation sites is 2. The van der Waals surface area contributed by atoms with Gasteiger partial charge in [0.15, 0.2) is 0 Å². The predicted molar refractivity (Wildman–Crippen MR) is 116 cm³/mol. The standard InChI is InChI=1S/C23H29ClN2O3/c1-2-28-21-9-5-3-7-19(21)11-12-23(27)26-15-13-25(14-16-26)17-18-29-22-10-6-4-8-20(22)24/h3-10H,2,11-18H2,1H3. The molecule has 156 valence electrons. The van der Waals surface area contributed by atoms with Crippen LogP contribution in [0.3, 0.4) is 0 Å². The van der Waals surface area contributed by atoms with Crippen molar-refractivity contribution in [3.05, 3.63) is 59.1 Å². The van der Waals surface area contributed by atoms with Gasteiger partial charge >= 0.3 is 0 Å². The third-order valence-electron chi connectivity index (χ3n) is 5.11. The fourth-order valence-corrected chi connectivity index (χ4v) is 3.66. The van der Waals surface area contributed by atoms with E-state index in [1.807, 2.05) is 60.4 Å². The molecule has 0 aliphatic carbocycles. The molecule has 6 heteroatoms. The van der Waals surface area contributed by atoms with E-state index in [0.717, 1.165) is 49.8 Å². The first-order chi connectivity index (χ1) is 14.2. The van der Waals surface area contributed by atoms with Crippen LogP contribution in [0.15, 0.2) is 48.5 Å². The molecule has 1 aliphatic heterocycles. The van der Waals surface area contributed by atoms with E-state index >= 15 is 0 Å². The largest absolute Gasteiger partial charge is 0.494 e. The van der Waals surface area contributed by atoms with Gasteiger partial charge in [0.1, 0.15) is 18.1 Å². The van der Waals surface area contributed by atoms with Crippen LogP contribution in [0.2, 0.25) is 5.02 Å². The molecule has 1 fully saturated rings. The summed E-state index contributed by atoms with van der Waals surface area (Å²) in [4.78, 5) is 16.9. The Bertz CT molecular complexity index is 791. The average Bonchev–Trinajstić information content (AvgIpc) is 2.75. The summed E-state index contributed by atoms with van der Waals surface area (Å²) in [6, 6.07) is 15.5. The van der Waals surface area contributed by atoms with Crippen LogP contribution in [0.5, 0.6) is 11.5 Å². The molecule has 1 heterocycles. The number of hydrogen-bond acceptors (Lipinski definition) is 4. The molecule has 0 radical (unpaired) electrons. The maximum atomic E-state index is 12.6. The molecule has 1 aliphatic rings. The summed E-state index contributed by atoms with van der Waals surface area (Å²) in [7, 11) is 0. The zero-order chi connectivity index (χ0) is 20.5. The van der Waals surface area contributed by atoms with E-state index in [-0.39, 0.29) is 5.91 Å². The van der Waals surface area contributed by atoms with Crippen LogP contribution in [0, 0.1) is 0 Å². The van der Waals surface area contributed by atoms with Crippen molar-refractivity contribution in [3.63, 3.8) is 0 Å². The Hall–Kier alpha value is -2.24. The quantitative estimate of drug-likeness (QED) is 0.621. The van der Waals surface area contributed by atoms with Crippen LogP contribution >= 0.6 is 11.6 Å². The van der Waals surface area contributed by atoms with Crippen LogP contribution in [0.25, 0.3) is 0 Å². The van der Waals surface area contributed by atoms with Gasteiger partial charge in [0, 0.05) is 39.1 Å². The van der Waals surface area contributed by atoms with Gasteiger partial charge in [-0.25, -0.2) is 0 Å². The van der Waals surface area contributed by atoms with Gasteiger partial charge in [-0.1, -0.05) is 41.9 Å². The molecule has 1 saturated heterocycles. The van der Waals surface area contributed by atoms with E-state index in [2.05, 4.69) is 4.90 Å². The number of amides is 1. The lowest BCUT2D eigenvalue weighted by Gasteiger charge is -2.34. The fourth-order valence-electron chi connectivity index (χ4n) is 3.47. The lowest BCUT2D eigenvalue weighted by Crippen LogP contribution is -2.49. The lowest BCUT2D eigenvalue weighted by molar-refractivity contribution is -0.132. The third kappa shape index (κ3) is 6.38. The second-order valence-electron chi connectivity index (χ2n) is 7.04. The van der Waals surface area contributed by atoms with Gasteiger partial charge in [-0.2, -0.15) is 0 Å². The smallest absolute Gasteiger partial charge is 0.222 e. The zero-order valence-corrected chi connectivity index (χ0v) is 17.7. The summed E-state index contributed by atoms with van der Waals surface area (Å²) >= 11 is 6.11. The van der Waals surface area contributed by atoms with E-state index in [9.17, 15) is 4.79 Å². The normalized spacial score (nSPS) is 14.6. The van der Waals surface area contributed by atoms with Crippen molar-refractivity contribution < 1.29 is 14.3 Å². The fraction of sp³-hybridized carbons (Fsp3) is 0.435. The second kappa shape index (κ2) is 11.1. The lowest BCUT2D eigenvalue weighted by atomic mass is 10.1. The van der Waals surface area contributed by atoms with Gasteiger partial charge in [-0.15, -0.1) is 0 Å². The average molecular weight is 417 g/mol. The highest BCUT2D eigenvalue weighted by molar-refractivity contribution is 6.32. The molecular formula is C23H29ClN2O3. The summed E-state index contributed by atoms with van der Waals surface area (Å²) in [5.41, 5.74) is 1.10. The Morgan fingerprint density at radius 2 is 1.66 bits per heavy atom. The second-order valence-corrected chi connectivity index (χ2v) is 7.45. The van der Waals surface area contributed by atoms with Crippen LogP contribution in [-0.4, -0.2) is 61.6 Å². The predicted octanol–water partition coefficient (Wildman–Crippen LogP) is 3.89. The van der Waals surface area contributed by atoms with Crippen molar-refractivity contribution in [3.8, 4) is 11.5 Å². The minimum atomic E-state index is 0.211. The Kier molecular flexibility index (Phi) is 8.20. The topological polar surface area (TPSA) is 42.0 Å². The number of rotatable bonds is 9. The van der Waals surface area contributed by atoms with E-state index in [0.29, 0.717) is 31.1 Å². The number of hydrogen-bond donors (Lipinski definition) is 0. The van der Waals surface area contributed by atoms with Crippen LogP contribution in [0.1, 0.15) is 18.9 Å². The molecule has 0 atom stereocenters. The molecule has 1 amide bonds. The van der Waals surface area contributed by atoms with Gasteiger partial charge in [0.25, 0.3) is 0 Å². The number of carbonyl (C=O) groups is 1. The number of halogens is 1. The Morgan fingerprint density at radius 3 is 2.38 bits per heavy atom. The molecule has 0 spiro atoms. The maximum absolute atomic E-state index is 12.6. The number of nitrogens with zero attached hydrogens (tertiary/aromatic N) is 2. The minimum absolute atomic E-state index is 0.211. The van der Waals surface area contributed by atoms with Crippen molar-refractivity contribution in [2.75, 3.05) is 45.9 Å². The number of carbonyl (C=O) groups excluding carboxylic acids is 1. The highest BCUT2D eigenvalue weighted by Gasteiger charge is 2.21. The first kappa shape index (κ1) is 21.5. The first-order valence-electron chi connectivity index (χ1n) is 10.3. The Balaban J connectivity index is 1.38. The first-order valence-corrected chi connectivity index (χ1v) is 10.6. The molecule has 0 N–H and O–H groups in total. The summed E-state index contributed by atoms with van der Waals surface area (Å²) < 4.78 is 11.4. The van der Waals surface area contributed by atoms with Gasteiger partial charge in [-0.05, 0) is 37.1 Å². The van der Waals surface area contributed by atoms with Crippen LogP contribution < -0.4 is 9.47 Å². The third-order valence-corrected chi connectivity index (χ3v) is 5.42. The molecule has 0 bridgehead atoms. The molecule has 0 unspecified atom stereocenters. The summed E-state index contributed by atoms with van der Waals surface area (Å²) in [5.74, 6) is 1.81. The molecule has 5 nitrogen and oxygen atoms in total. The van der Waals surface area contributed by atoms with Gasteiger partial charge in [0.2, 0.25) is 5.91 Å². The minimum Gasteiger partial charge on any atom is -0.494 e. The van der Waals surface area contributed by atoms with E-state index in [4.69, 9.17) is 21.1 Å². The summed E-state index contributed by atoms with van der Waals surface area (Å²) in [6.45, 7) is 7.28. The van der Waals surface area contributed by atoms with Crippen LogP contribution in [0.4, 0.5) is 0 Å². The van der Waals surface area contributed by atoms with Gasteiger partial charge in [0.05, 0.1) is 11.6 Å². The highest BCUT2D eigenvalue weighted by Crippen LogP contribution is 2.23. The highest BCUT2D eigenvalue weighted by atomic mass is 35.5. The molecule has 2 aromatic rings. The van der Waals surface area contributed by atoms with Gasteiger partial charge < -0.3 is 14.4 Å². The Labute approximate surface area is 178 Å². The molecular weight excluding hydrogens is 388 g/mol. The van der Waals surface area contributed by atoms with Crippen molar-refractivity contribution in [1.29, 1.82) is 0 Å². The zero-order valence-electron chi connectivity index (χ0n) is 17.0. The molecule has 0 aromatic heterocycles. The van der Waals surface area contributed by atoms with Crippen LogP contribution in [-0.2, 0) is 11.2 Å². The molecule has 29 heavy (non-hydrogen) atoms. The summed E-state index contributed by atoms with van der Waals surface area (Å²) in [6.07, 6.45) is 1.22. The maximum Gasteiger partial charge on any atom is 0.222 e. The number of piperazine rings is 1. The number of ether oxygens (including phenoxy) is 2. The van der Waals surface area contributed by atoms with E-state index in [1.54, 1.807) is 0 Å². The summed E-state index contributed by atoms with van der Waals surface area (Å²) in [5, 5.41) is 0.633. The monoisotopic (exact) mass is 416 g/mol. The SMILES string of the molecule is CCOc1ccccc1CCC(=O)N1CCN(CCOc2ccccc2Cl)CC1. The van der Waals surface area contributed by atoms with Crippen molar-refractivity contribution in [2.24, 2.45) is 0 Å². The van der Waals surface area contributed by atoms with Gasteiger partial charge in [-0.3, -0.25) is 9.69 Å². The molecule has 0 saturated carbocycles. The van der Waals surface area contributed by atoms with Crippen molar-refractivity contribution in [1.82, 2.24) is 9.80 Å². The Morgan fingerprint density at radius 1 is 0.966 bits per heavy atom. The van der Waals surface area contributed by atoms with E-state index < -0.39 is 0 Å². The van der Waals surface area contributed by atoms with E-state index in [1.165, 1.54) is 0 Å². The number of aryl methyl sites for hydroxylation is 1. The molecule has 3 rings (SSSR count).